The van der Waals surface area contributed by atoms with Crippen molar-refractivity contribution in [2.75, 3.05) is 20.6 Å². The summed E-state index contributed by atoms with van der Waals surface area (Å²) in [5.41, 5.74) is 1.91. The van der Waals surface area contributed by atoms with Gasteiger partial charge in [-0.15, -0.1) is 0 Å². The van der Waals surface area contributed by atoms with Gasteiger partial charge in [0, 0.05) is 27.1 Å². The van der Waals surface area contributed by atoms with E-state index in [4.69, 9.17) is 0 Å². The van der Waals surface area contributed by atoms with Crippen molar-refractivity contribution in [2.24, 2.45) is 0 Å². The van der Waals surface area contributed by atoms with Crippen molar-refractivity contribution in [3.63, 3.8) is 0 Å². The van der Waals surface area contributed by atoms with Gasteiger partial charge in [-0.25, -0.2) is 0 Å². The standard InChI is InChI=1S/C16H22N2O2/c1-12-5-4-6-13(11-12)16(8-9-16)15(20)17-10-7-14(19)18(2)3/h4-6,11H,7-10H2,1-3H3,(H,17,20). The number of carbonyl (C=O) groups is 2. The number of rotatable bonds is 5. The summed E-state index contributed by atoms with van der Waals surface area (Å²) in [5.74, 6) is 0.0837. The Morgan fingerprint density at radius 2 is 2.00 bits per heavy atom. The van der Waals surface area contributed by atoms with Crippen LogP contribution in [0.3, 0.4) is 0 Å². The van der Waals surface area contributed by atoms with Crippen LogP contribution in [-0.2, 0) is 15.0 Å². The van der Waals surface area contributed by atoms with Gasteiger partial charge in [-0.3, -0.25) is 9.59 Å². The van der Waals surface area contributed by atoms with E-state index in [0.29, 0.717) is 13.0 Å². The lowest BCUT2D eigenvalue weighted by atomic mass is 9.93. The molecule has 0 unspecified atom stereocenters. The molecule has 4 heteroatoms. The molecule has 0 heterocycles. The normalized spacial score (nSPS) is 15.6. The van der Waals surface area contributed by atoms with E-state index < -0.39 is 0 Å². The van der Waals surface area contributed by atoms with E-state index in [-0.39, 0.29) is 17.2 Å². The summed E-state index contributed by atoms with van der Waals surface area (Å²) in [4.78, 5) is 25.4. The molecular weight excluding hydrogens is 252 g/mol. The van der Waals surface area contributed by atoms with Gasteiger partial charge in [0.05, 0.1) is 5.41 Å². The lowest BCUT2D eigenvalue weighted by Crippen LogP contribution is -2.37. The molecule has 2 amide bonds. The highest BCUT2D eigenvalue weighted by Gasteiger charge is 2.51. The smallest absolute Gasteiger partial charge is 0.230 e. The maximum atomic E-state index is 12.4. The molecule has 2 rings (SSSR count). The number of nitrogens with zero attached hydrogens (tertiary/aromatic N) is 1. The van der Waals surface area contributed by atoms with Crippen LogP contribution < -0.4 is 5.32 Å². The Hall–Kier alpha value is -1.84. The zero-order valence-corrected chi connectivity index (χ0v) is 12.4. The fourth-order valence-electron chi connectivity index (χ4n) is 2.39. The molecule has 1 aliphatic carbocycles. The molecule has 0 bridgehead atoms. The van der Waals surface area contributed by atoms with Crippen molar-refractivity contribution in [3.8, 4) is 0 Å². The minimum Gasteiger partial charge on any atom is -0.355 e. The minimum atomic E-state index is -0.354. The third-order valence-corrected chi connectivity index (χ3v) is 3.88. The summed E-state index contributed by atoms with van der Waals surface area (Å²) < 4.78 is 0. The zero-order chi connectivity index (χ0) is 14.8. The first-order valence-corrected chi connectivity index (χ1v) is 7.01. The van der Waals surface area contributed by atoms with Crippen LogP contribution in [0.15, 0.2) is 24.3 Å². The van der Waals surface area contributed by atoms with Crippen molar-refractivity contribution in [1.82, 2.24) is 10.2 Å². The molecule has 4 nitrogen and oxygen atoms in total. The Balaban J connectivity index is 1.94. The summed E-state index contributed by atoms with van der Waals surface area (Å²) in [6, 6.07) is 8.13. The van der Waals surface area contributed by atoms with Crippen molar-refractivity contribution in [2.45, 2.75) is 31.6 Å². The predicted octanol–water partition coefficient (Wildman–Crippen LogP) is 1.62. The van der Waals surface area contributed by atoms with Gasteiger partial charge in [-0.1, -0.05) is 29.8 Å². The van der Waals surface area contributed by atoms with Crippen LogP contribution in [0.2, 0.25) is 0 Å². The van der Waals surface area contributed by atoms with Gasteiger partial charge in [-0.05, 0) is 25.3 Å². The fraction of sp³-hybridized carbons (Fsp3) is 0.500. The molecule has 0 saturated heterocycles. The average Bonchev–Trinajstić information content (AvgIpc) is 3.19. The second-order valence-corrected chi connectivity index (χ2v) is 5.75. The third-order valence-electron chi connectivity index (χ3n) is 3.88. The maximum Gasteiger partial charge on any atom is 0.230 e. The van der Waals surface area contributed by atoms with Gasteiger partial charge in [0.1, 0.15) is 0 Å². The van der Waals surface area contributed by atoms with E-state index in [2.05, 4.69) is 11.4 Å². The van der Waals surface area contributed by atoms with Crippen LogP contribution >= 0.6 is 0 Å². The number of amides is 2. The van der Waals surface area contributed by atoms with E-state index in [1.54, 1.807) is 19.0 Å². The average molecular weight is 274 g/mol. The molecule has 1 fully saturated rings. The predicted molar refractivity (Wildman–Crippen MR) is 78.4 cm³/mol. The molecule has 0 radical (unpaired) electrons. The number of nitrogens with one attached hydrogen (secondary N) is 1. The first kappa shape index (κ1) is 14.6. The summed E-state index contributed by atoms with van der Waals surface area (Å²) in [6.07, 6.45) is 2.14. The molecule has 0 atom stereocenters. The highest BCUT2D eigenvalue weighted by Crippen LogP contribution is 2.48. The highest BCUT2D eigenvalue weighted by atomic mass is 16.2. The van der Waals surface area contributed by atoms with Crippen LogP contribution in [0.25, 0.3) is 0 Å². The van der Waals surface area contributed by atoms with E-state index in [0.717, 1.165) is 18.4 Å². The van der Waals surface area contributed by atoms with Crippen molar-refractivity contribution in [1.29, 1.82) is 0 Å². The Morgan fingerprint density at radius 3 is 2.55 bits per heavy atom. The SMILES string of the molecule is Cc1cccc(C2(C(=O)NCCC(=O)N(C)C)CC2)c1. The van der Waals surface area contributed by atoms with Crippen molar-refractivity contribution < 1.29 is 9.59 Å². The first-order chi connectivity index (χ1) is 9.45. The number of hydrogen-bond donors (Lipinski definition) is 1. The van der Waals surface area contributed by atoms with Crippen LogP contribution in [0, 0.1) is 6.92 Å². The summed E-state index contributed by atoms with van der Waals surface area (Å²) >= 11 is 0. The van der Waals surface area contributed by atoms with E-state index in [1.807, 2.05) is 25.1 Å². The van der Waals surface area contributed by atoms with Gasteiger partial charge in [0.2, 0.25) is 11.8 Å². The monoisotopic (exact) mass is 274 g/mol. The molecule has 1 aliphatic rings. The summed E-state index contributed by atoms with van der Waals surface area (Å²) in [7, 11) is 3.44. The molecule has 20 heavy (non-hydrogen) atoms. The fourth-order valence-corrected chi connectivity index (χ4v) is 2.39. The molecular formula is C16H22N2O2. The van der Waals surface area contributed by atoms with Crippen LogP contribution in [0.5, 0.6) is 0 Å². The first-order valence-electron chi connectivity index (χ1n) is 7.01. The van der Waals surface area contributed by atoms with Crippen LogP contribution in [0.4, 0.5) is 0 Å². The lowest BCUT2D eigenvalue weighted by molar-refractivity contribution is -0.128. The highest BCUT2D eigenvalue weighted by molar-refractivity contribution is 5.91. The van der Waals surface area contributed by atoms with Gasteiger partial charge in [0.15, 0.2) is 0 Å². The van der Waals surface area contributed by atoms with E-state index in [1.165, 1.54) is 5.56 Å². The van der Waals surface area contributed by atoms with Crippen molar-refractivity contribution in [3.05, 3.63) is 35.4 Å². The third kappa shape index (κ3) is 3.00. The second kappa shape index (κ2) is 5.65. The van der Waals surface area contributed by atoms with Gasteiger partial charge in [0.25, 0.3) is 0 Å². The number of aryl methyl sites for hydroxylation is 1. The Kier molecular flexibility index (Phi) is 4.12. The molecule has 1 aromatic carbocycles. The van der Waals surface area contributed by atoms with Gasteiger partial charge >= 0.3 is 0 Å². The Morgan fingerprint density at radius 1 is 1.30 bits per heavy atom. The summed E-state index contributed by atoms with van der Waals surface area (Å²) in [5, 5.41) is 2.90. The Labute approximate surface area is 120 Å². The van der Waals surface area contributed by atoms with E-state index >= 15 is 0 Å². The van der Waals surface area contributed by atoms with Gasteiger partial charge < -0.3 is 10.2 Å². The molecule has 0 aromatic heterocycles. The molecule has 1 aromatic rings. The maximum absolute atomic E-state index is 12.4. The zero-order valence-electron chi connectivity index (χ0n) is 12.4. The van der Waals surface area contributed by atoms with Crippen LogP contribution in [-0.4, -0.2) is 37.4 Å². The second-order valence-electron chi connectivity index (χ2n) is 5.75. The number of benzene rings is 1. The molecule has 0 aliphatic heterocycles. The largest absolute Gasteiger partial charge is 0.355 e. The van der Waals surface area contributed by atoms with Crippen LogP contribution in [0.1, 0.15) is 30.4 Å². The molecule has 0 spiro atoms. The number of hydrogen-bond acceptors (Lipinski definition) is 2. The molecule has 1 saturated carbocycles. The summed E-state index contributed by atoms with van der Waals surface area (Å²) in [6.45, 7) is 2.44. The number of carbonyl (C=O) groups excluding carboxylic acids is 2. The van der Waals surface area contributed by atoms with Gasteiger partial charge in [-0.2, -0.15) is 0 Å². The van der Waals surface area contributed by atoms with E-state index in [9.17, 15) is 9.59 Å². The minimum absolute atomic E-state index is 0.0331. The molecule has 1 N–H and O–H groups in total. The lowest BCUT2D eigenvalue weighted by Gasteiger charge is -2.17. The topological polar surface area (TPSA) is 49.4 Å². The quantitative estimate of drug-likeness (QED) is 0.887. The van der Waals surface area contributed by atoms with Crippen molar-refractivity contribution >= 4 is 11.8 Å². The molecule has 108 valence electrons. The Bertz CT molecular complexity index is 519.